The summed E-state index contributed by atoms with van der Waals surface area (Å²) in [7, 11) is -2.05. The van der Waals surface area contributed by atoms with Gasteiger partial charge in [-0.1, -0.05) is 18.6 Å². The maximum absolute atomic E-state index is 11.9. The number of para-hydroxylation sites is 1. The quantitative estimate of drug-likeness (QED) is 0.742. The summed E-state index contributed by atoms with van der Waals surface area (Å²) >= 11 is 0. The number of hydrogen-bond donors (Lipinski definition) is 3. The highest BCUT2D eigenvalue weighted by Gasteiger charge is 2.26. The monoisotopic (exact) mass is 298 g/mol. The fourth-order valence-corrected chi connectivity index (χ4v) is 3.73. The molecule has 1 saturated carbocycles. The molecule has 3 N–H and O–H groups in total. The molecule has 0 aliphatic heterocycles. The molecule has 0 heterocycles. The molecule has 5 nitrogen and oxygen atoms in total. The third-order valence-electron chi connectivity index (χ3n) is 4.05. The van der Waals surface area contributed by atoms with E-state index in [1.165, 1.54) is 7.05 Å². The fourth-order valence-electron chi connectivity index (χ4n) is 2.82. The van der Waals surface area contributed by atoms with Crippen LogP contribution in [0.25, 0.3) is 0 Å². The van der Waals surface area contributed by atoms with Crippen molar-refractivity contribution >= 4 is 15.7 Å². The Bertz CT molecular complexity index is 545. The van der Waals surface area contributed by atoms with Crippen molar-refractivity contribution in [3.05, 3.63) is 24.3 Å². The first kappa shape index (κ1) is 15.3. The first-order valence-electron chi connectivity index (χ1n) is 6.96. The van der Waals surface area contributed by atoms with Gasteiger partial charge in [0.05, 0.1) is 5.69 Å². The van der Waals surface area contributed by atoms with E-state index in [0.29, 0.717) is 24.1 Å². The van der Waals surface area contributed by atoms with Gasteiger partial charge in [0.15, 0.2) is 0 Å². The number of benzene rings is 1. The minimum Gasteiger partial charge on any atom is -0.396 e. The second-order valence-corrected chi connectivity index (χ2v) is 7.07. The van der Waals surface area contributed by atoms with E-state index < -0.39 is 10.0 Å². The van der Waals surface area contributed by atoms with Crippen LogP contribution in [-0.2, 0) is 10.0 Å². The van der Waals surface area contributed by atoms with E-state index in [2.05, 4.69) is 10.0 Å². The number of anilines is 1. The van der Waals surface area contributed by atoms with E-state index >= 15 is 0 Å². The Labute approximate surface area is 120 Å². The van der Waals surface area contributed by atoms with E-state index in [-0.39, 0.29) is 11.5 Å². The predicted molar refractivity (Wildman–Crippen MR) is 79.1 cm³/mol. The molecular weight excluding hydrogens is 276 g/mol. The number of aliphatic hydroxyl groups excluding tert-OH is 1. The first-order valence-corrected chi connectivity index (χ1v) is 8.44. The molecule has 0 bridgehead atoms. The molecule has 0 aromatic heterocycles. The van der Waals surface area contributed by atoms with E-state index in [4.69, 9.17) is 0 Å². The number of hydrogen-bond acceptors (Lipinski definition) is 4. The summed E-state index contributed by atoms with van der Waals surface area (Å²) in [6, 6.07) is 6.89. The van der Waals surface area contributed by atoms with Crippen LogP contribution in [0.5, 0.6) is 0 Å². The Morgan fingerprint density at radius 1 is 1.25 bits per heavy atom. The fraction of sp³-hybridized carbons (Fsp3) is 0.571. The van der Waals surface area contributed by atoms with Gasteiger partial charge < -0.3 is 10.4 Å². The van der Waals surface area contributed by atoms with Gasteiger partial charge in [-0.3, -0.25) is 0 Å². The van der Waals surface area contributed by atoms with Crippen molar-refractivity contribution in [2.75, 3.05) is 25.5 Å². The number of sulfonamides is 1. The molecule has 1 aliphatic carbocycles. The van der Waals surface area contributed by atoms with E-state index in [9.17, 15) is 13.5 Å². The molecule has 0 amide bonds. The predicted octanol–water partition coefficient (Wildman–Crippen LogP) is 1.42. The van der Waals surface area contributed by atoms with Crippen molar-refractivity contribution in [2.24, 2.45) is 11.8 Å². The zero-order valence-corrected chi connectivity index (χ0v) is 12.5. The first-order chi connectivity index (χ1) is 9.58. The highest BCUT2D eigenvalue weighted by molar-refractivity contribution is 7.89. The lowest BCUT2D eigenvalue weighted by Gasteiger charge is -2.19. The van der Waals surface area contributed by atoms with Crippen LogP contribution in [0, 0.1) is 11.8 Å². The highest BCUT2D eigenvalue weighted by atomic mass is 32.2. The van der Waals surface area contributed by atoms with Crippen LogP contribution in [0.3, 0.4) is 0 Å². The van der Waals surface area contributed by atoms with Gasteiger partial charge in [-0.25, -0.2) is 13.1 Å². The highest BCUT2D eigenvalue weighted by Crippen LogP contribution is 2.32. The van der Waals surface area contributed by atoms with Gasteiger partial charge in [0.25, 0.3) is 0 Å². The molecule has 2 rings (SSSR count). The lowest BCUT2D eigenvalue weighted by Crippen LogP contribution is -2.23. The van der Waals surface area contributed by atoms with Crippen molar-refractivity contribution in [3.8, 4) is 0 Å². The molecule has 6 heteroatoms. The van der Waals surface area contributed by atoms with Crippen LogP contribution in [0.4, 0.5) is 5.69 Å². The van der Waals surface area contributed by atoms with Crippen molar-refractivity contribution in [3.63, 3.8) is 0 Å². The lowest BCUT2D eigenvalue weighted by molar-refractivity contribution is 0.199. The summed E-state index contributed by atoms with van der Waals surface area (Å²) < 4.78 is 26.2. The molecule has 0 saturated heterocycles. The molecule has 1 aromatic carbocycles. The third-order valence-corrected chi connectivity index (χ3v) is 5.52. The van der Waals surface area contributed by atoms with Crippen molar-refractivity contribution < 1.29 is 13.5 Å². The normalized spacial score (nSPS) is 22.9. The maximum Gasteiger partial charge on any atom is 0.242 e. The summed E-state index contributed by atoms with van der Waals surface area (Å²) in [5.41, 5.74) is 0.616. The molecule has 0 radical (unpaired) electrons. The van der Waals surface area contributed by atoms with Gasteiger partial charge >= 0.3 is 0 Å². The van der Waals surface area contributed by atoms with Crippen LogP contribution in [0.1, 0.15) is 19.3 Å². The Hall–Kier alpha value is -1.11. The Morgan fingerprint density at radius 2 is 1.95 bits per heavy atom. The van der Waals surface area contributed by atoms with Crippen LogP contribution in [0.2, 0.25) is 0 Å². The molecule has 0 spiro atoms. The average Bonchev–Trinajstić information content (AvgIpc) is 2.93. The second kappa shape index (κ2) is 6.56. The Balaban J connectivity index is 2.10. The lowest BCUT2D eigenvalue weighted by atomic mass is 9.97. The molecule has 1 aromatic rings. The molecule has 112 valence electrons. The van der Waals surface area contributed by atoms with Crippen molar-refractivity contribution in [2.45, 2.75) is 24.2 Å². The summed E-state index contributed by atoms with van der Waals surface area (Å²) in [5, 5.41) is 12.6. The topological polar surface area (TPSA) is 78.4 Å². The number of rotatable bonds is 6. The molecule has 1 fully saturated rings. The molecule has 2 unspecified atom stereocenters. The van der Waals surface area contributed by atoms with E-state index in [1.54, 1.807) is 18.2 Å². The van der Waals surface area contributed by atoms with Gasteiger partial charge in [0.1, 0.15) is 4.90 Å². The van der Waals surface area contributed by atoms with Crippen LogP contribution < -0.4 is 10.0 Å². The Morgan fingerprint density at radius 3 is 2.65 bits per heavy atom. The minimum absolute atomic E-state index is 0.211. The van der Waals surface area contributed by atoms with Gasteiger partial charge in [-0.2, -0.15) is 0 Å². The zero-order valence-electron chi connectivity index (χ0n) is 11.7. The van der Waals surface area contributed by atoms with Gasteiger partial charge in [0, 0.05) is 13.2 Å². The standard InChI is InChI=1S/C14H22N2O3S/c1-15-20(18,19)14-8-3-2-7-13(14)16-9-11-5-4-6-12(11)10-17/h2-3,7-8,11-12,15-17H,4-6,9-10H2,1H3. The van der Waals surface area contributed by atoms with Crippen molar-refractivity contribution in [1.82, 2.24) is 4.72 Å². The second-order valence-electron chi connectivity index (χ2n) is 5.22. The van der Waals surface area contributed by atoms with E-state index in [1.807, 2.05) is 6.07 Å². The summed E-state index contributed by atoms with van der Waals surface area (Å²) in [4.78, 5) is 0.265. The summed E-state index contributed by atoms with van der Waals surface area (Å²) in [6.45, 7) is 0.907. The van der Waals surface area contributed by atoms with Gasteiger partial charge in [-0.05, 0) is 43.9 Å². The third kappa shape index (κ3) is 3.31. The smallest absolute Gasteiger partial charge is 0.242 e. The van der Waals surface area contributed by atoms with Crippen LogP contribution >= 0.6 is 0 Å². The number of nitrogens with one attached hydrogen (secondary N) is 2. The van der Waals surface area contributed by atoms with Gasteiger partial charge in [-0.15, -0.1) is 0 Å². The van der Waals surface area contributed by atoms with Crippen molar-refractivity contribution in [1.29, 1.82) is 0 Å². The molecule has 1 aliphatic rings. The van der Waals surface area contributed by atoms with Gasteiger partial charge in [0.2, 0.25) is 10.0 Å². The molecular formula is C14H22N2O3S. The molecule has 2 atom stereocenters. The molecule has 20 heavy (non-hydrogen) atoms. The van der Waals surface area contributed by atoms with Crippen LogP contribution in [0.15, 0.2) is 29.2 Å². The summed E-state index contributed by atoms with van der Waals surface area (Å²) in [6.07, 6.45) is 3.27. The number of aliphatic hydroxyl groups is 1. The Kier molecular flexibility index (Phi) is 5.01. The summed E-state index contributed by atoms with van der Waals surface area (Å²) in [5.74, 6) is 0.737. The minimum atomic E-state index is -3.46. The zero-order chi connectivity index (χ0) is 14.6. The SMILES string of the molecule is CNS(=O)(=O)c1ccccc1NCC1CCCC1CO. The largest absolute Gasteiger partial charge is 0.396 e. The average molecular weight is 298 g/mol. The van der Waals surface area contributed by atoms with E-state index in [0.717, 1.165) is 19.3 Å². The van der Waals surface area contributed by atoms with Crippen LogP contribution in [-0.4, -0.2) is 33.7 Å². The maximum atomic E-state index is 11.9.